The Morgan fingerprint density at radius 3 is 2.47 bits per heavy atom. The van der Waals surface area contributed by atoms with E-state index in [2.05, 4.69) is 5.32 Å². The second kappa shape index (κ2) is 11.2. The molecule has 2 aromatic carbocycles. The van der Waals surface area contributed by atoms with Crippen molar-refractivity contribution in [1.82, 2.24) is 5.32 Å². The largest absolute Gasteiger partial charge is 0.508 e. The molecular formula is C25H29NO6. The Morgan fingerprint density at radius 1 is 1.09 bits per heavy atom. The zero-order valence-electron chi connectivity index (χ0n) is 18.4. The number of carbonyl (C=O) groups is 2. The molecule has 2 N–H and O–H groups in total. The minimum Gasteiger partial charge on any atom is -0.508 e. The number of aromatic hydroxyl groups is 1. The minimum absolute atomic E-state index is 0.131. The number of phenols is 1. The lowest BCUT2D eigenvalue weighted by Gasteiger charge is -2.16. The molecule has 1 fully saturated rings. The van der Waals surface area contributed by atoms with E-state index in [0.717, 1.165) is 36.8 Å². The van der Waals surface area contributed by atoms with Crippen molar-refractivity contribution < 1.29 is 28.9 Å². The summed E-state index contributed by atoms with van der Waals surface area (Å²) in [6.45, 7) is 0. The average Bonchev–Trinajstić information content (AvgIpc) is 3.31. The van der Waals surface area contributed by atoms with Gasteiger partial charge in [0.2, 0.25) is 5.91 Å². The third kappa shape index (κ3) is 6.51. The van der Waals surface area contributed by atoms with E-state index in [1.165, 1.54) is 25.3 Å². The molecule has 1 aliphatic rings. The first-order chi connectivity index (χ1) is 15.5. The van der Waals surface area contributed by atoms with Crippen molar-refractivity contribution in [1.29, 1.82) is 0 Å². The molecule has 0 aromatic heterocycles. The predicted molar refractivity (Wildman–Crippen MR) is 121 cm³/mol. The van der Waals surface area contributed by atoms with Gasteiger partial charge in [0.15, 0.2) is 11.5 Å². The molecule has 1 amide bonds. The molecule has 32 heavy (non-hydrogen) atoms. The van der Waals surface area contributed by atoms with E-state index in [4.69, 9.17) is 14.2 Å². The van der Waals surface area contributed by atoms with Crippen molar-refractivity contribution in [3.05, 3.63) is 59.7 Å². The number of benzene rings is 2. The minimum atomic E-state index is -0.848. The van der Waals surface area contributed by atoms with Gasteiger partial charge in [-0.1, -0.05) is 18.2 Å². The summed E-state index contributed by atoms with van der Waals surface area (Å²) in [5.41, 5.74) is 1.56. The van der Waals surface area contributed by atoms with E-state index in [1.54, 1.807) is 25.3 Å². The van der Waals surface area contributed by atoms with Gasteiger partial charge >= 0.3 is 5.97 Å². The van der Waals surface area contributed by atoms with Gasteiger partial charge in [-0.3, -0.25) is 4.79 Å². The Kier molecular flexibility index (Phi) is 8.14. The summed E-state index contributed by atoms with van der Waals surface area (Å²) in [4.78, 5) is 24.6. The van der Waals surface area contributed by atoms with E-state index >= 15 is 0 Å². The molecule has 0 saturated heterocycles. The van der Waals surface area contributed by atoms with Gasteiger partial charge in [-0.2, -0.15) is 0 Å². The van der Waals surface area contributed by atoms with Crippen LogP contribution in [0.4, 0.5) is 0 Å². The lowest BCUT2D eigenvalue weighted by Crippen LogP contribution is -2.42. The first-order valence-electron chi connectivity index (χ1n) is 10.7. The molecule has 0 bridgehead atoms. The normalized spacial score (nSPS) is 14.8. The number of hydrogen-bond donors (Lipinski definition) is 2. The fourth-order valence-corrected chi connectivity index (χ4v) is 3.67. The van der Waals surface area contributed by atoms with Gasteiger partial charge in [-0.15, -0.1) is 0 Å². The van der Waals surface area contributed by atoms with Gasteiger partial charge < -0.3 is 24.6 Å². The fraction of sp³-hybridized carbons (Fsp3) is 0.360. The van der Waals surface area contributed by atoms with E-state index in [0.29, 0.717) is 11.5 Å². The van der Waals surface area contributed by atoms with Crippen molar-refractivity contribution in [3.63, 3.8) is 0 Å². The molecule has 2 aromatic rings. The monoisotopic (exact) mass is 439 g/mol. The lowest BCUT2D eigenvalue weighted by atomic mass is 10.1. The number of phenolic OH excluding ortho intramolecular Hbond substituents is 1. The van der Waals surface area contributed by atoms with Crippen LogP contribution in [0.5, 0.6) is 17.2 Å². The van der Waals surface area contributed by atoms with Gasteiger partial charge in [-0.05, 0) is 67.2 Å². The van der Waals surface area contributed by atoms with E-state index in [-0.39, 0.29) is 18.3 Å². The highest BCUT2D eigenvalue weighted by Crippen LogP contribution is 2.32. The average molecular weight is 440 g/mol. The topological polar surface area (TPSA) is 94.1 Å². The summed E-state index contributed by atoms with van der Waals surface area (Å²) in [5, 5.41) is 12.1. The smallest absolute Gasteiger partial charge is 0.328 e. The van der Waals surface area contributed by atoms with Gasteiger partial charge in [0.25, 0.3) is 0 Å². The van der Waals surface area contributed by atoms with E-state index in [1.807, 2.05) is 18.2 Å². The van der Waals surface area contributed by atoms with Crippen LogP contribution < -0.4 is 14.8 Å². The third-order valence-corrected chi connectivity index (χ3v) is 5.39. The van der Waals surface area contributed by atoms with Gasteiger partial charge in [0.05, 0.1) is 20.3 Å². The van der Waals surface area contributed by atoms with Crippen LogP contribution in [0.1, 0.15) is 36.8 Å². The molecule has 0 aliphatic heterocycles. The summed E-state index contributed by atoms with van der Waals surface area (Å²) < 4.78 is 16.3. The molecule has 7 heteroatoms. The maximum atomic E-state index is 12.5. The summed E-state index contributed by atoms with van der Waals surface area (Å²) >= 11 is 0. The summed E-state index contributed by atoms with van der Waals surface area (Å²) in [6, 6.07) is 11.1. The highest BCUT2D eigenvalue weighted by atomic mass is 16.5. The maximum absolute atomic E-state index is 12.5. The highest BCUT2D eigenvalue weighted by molar-refractivity contribution is 5.94. The van der Waals surface area contributed by atoms with Crippen molar-refractivity contribution in [2.75, 3.05) is 14.2 Å². The number of methoxy groups -OCH3 is 2. The first kappa shape index (κ1) is 23.2. The fourth-order valence-electron chi connectivity index (χ4n) is 3.67. The molecule has 3 rings (SSSR count). The number of esters is 1. The zero-order chi connectivity index (χ0) is 22.9. The first-order valence-corrected chi connectivity index (χ1v) is 10.7. The molecule has 0 radical (unpaired) electrons. The van der Waals surface area contributed by atoms with E-state index < -0.39 is 17.9 Å². The molecule has 7 nitrogen and oxygen atoms in total. The van der Waals surface area contributed by atoms with Crippen LogP contribution in [0.2, 0.25) is 0 Å². The Bertz CT molecular complexity index is 947. The van der Waals surface area contributed by atoms with Gasteiger partial charge in [0, 0.05) is 12.5 Å². The van der Waals surface area contributed by atoms with Crippen LogP contribution in [-0.2, 0) is 20.7 Å². The molecular weight excluding hydrogens is 410 g/mol. The molecule has 0 spiro atoms. The molecule has 1 unspecified atom stereocenters. The molecule has 1 aliphatic carbocycles. The number of amides is 1. The van der Waals surface area contributed by atoms with Crippen molar-refractivity contribution in [2.45, 2.75) is 44.2 Å². The summed E-state index contributed by atoms with van der Waals surface area (Å²) in [5.74, 6) is 0.468. The van der Waals surface area contributed by atoms with Crippen LogP contribution in [-0.4, -0.2) is 43.3 Å². The number of hydrogen-bond acceptors (Lipinski definition) is 6. The maximum Gasteiger partial charge on any atom is 0.328 e. The second-order valence-corrected chi connectivity index (χ2v) is 7.72. The SMILES string of the molecule is COC(=O)C(Cc1ccc(O)cc1)NC(=O)/C=C/c1ccc(OC)c(OC2CCCC2)c1. The molecule has 0 heterocycles. The van der Waals surface area contributed by atoms with Crippen LogP contribution >= 0.6 is 0 Å². The zero-order valence-corrected chi connectivity index (χ0v) is 18.4. The Hall–Kier alpha value is -3.48. The Morgan fingerprint density at radius 2 is 1.81 bits per heavy atom. The van der Waals surface area contributed by atoms with Crippen LogP contribution in [0.3, 0.4) is 0 Å². The quantitative estimate of drug-likeness (QED) is 0.458. The Labute approximate surface area is 188 Å². The standard InChI is InChI=1S/C25H29NO6/c1-30-22-13-9-18(16-23(22)32-20-5-3-4-6-20)10-14-24(28)26-21(25(29)31-2)15-17-7-11-19(27)12-8-17/h7-14,16,20-21,27H,3-6,15H2,1-2H3,(H,26,28)/b14-10+. The van der Waals surface area contributed by atoms with Gasteiger partial charge in [-0.25, -0.2) is 4.79 Å². The molecule has 170 valence electrons. The molecule has 1 saturated carbocycles. The van der Waals surface area contributed by atoms with Crippen molar-refractivity contribution in [2.24, 2.45) is 0 Å². The predicted octanol–water partition coefficient (Wildman–Crippen LogP) is 3.64. The lowest BCUT2D eigenvalue weighted by molar-refractivity contribution is -0.144. The van der Waals surface area contributed by atoms with Gasteiger partial charge in [0.1, 0.15) is 11.8 Å². The van der Waals surface area contributed by atoms with Crippen LogP contribution in [0.25, 0.3) is 6.08 Å². The number of nitrogens with one attached hydrogen (secondary N) is 1. The number of carbonyl (C=O) groups excluding carboxylic acids is 2. The van der Waals surface area contributed by atoms with E-state index in [9.17, 15) is 14.7 Å². The Balaban J connectivity index is 1.66. The highest BCUT2D eigenvalue weighted by Gasteiger charge is 2.21. The summed E-state index contributed by atoms with van der Waals surface area (Å²) in [6.07, 6.45) is 7.85. The molecule has 1 atom stereocenters. The second-order valence-electron chi connectivity index (χ2n) is 7.72. The van der Waals surface area contributed by atoms with Crippen LogP contribution in [0, 0.1) is 0 Å². The third-order valence-electron chi connectivity index (χ3n) is 5.39. The van der Waals surface area contributed by atoms with Crippen molar-refractivity contribution in [3.8, 4) is 17.2 Å². The van der Waals surface area contributed by atoms with Crippen molar-refractivity contribution >= 4 is 18.0 Å². The number of ether oxygens (including phenoxy) is 3. The van der Waals surface area contributed by atoms with Crippen LogP contribution in [0.15, 0.2) is 48.5 Å². The summed E-state index contributed by atoms with van der Waals surface area (Å²) in [7, 11) is 2.87. The number of rotatable bonds is 9.